The fraction of sp³-hybridized carbons (Fsp3) is 0.385. The van der Waals surface area contributed by atoms with E-state index in [2.05, 4.69) is 21.2 Å². The standard InChI is InChI=1S/C13H14BrN3O5/c1-13(11(18)19)2-3-16(7-13)12(20)15-9-4-8(14)5-10(6-9)17(21)22/h4-6H,2-3,7H2,1H3,(H,15,20)(H,18,19). The Labute approximate surface area is 134 Å². The number of nitro benzene ring substituents is 1. The summed E-state index contributed by atoms with van der Waals surface area (Å²) in [4.78, 5) is 35.0. The number of aliphatic carboxylic acids is 1. The second kappa shape index (κ2) is 5.91. The van der Waals surface area contributed by atoms with E-state index in [0.717, 1.165) is 0 Å². The first-order valence-corrected chi connectivity index (χ1v) is 7.25. The number of nitrogens with one attached hydrogen (secondary N) is 1. The lowest BCUT2D eigenvalue weighted by Gasteiger charge is -2.20. The predicted molar refractivity (Wildman–Crippen MR) is 81.7 cm³/mol. The van der Waals surface area contributed by atoms with Crippen LogP contribution in [-0.2, 0) is 4.79 Å². The molecule has 2 rings (SSSR count). The van der Waals surface area contributed by atoms with E-state index in [0.29, 0.717) is 17.4 Å². The monoisotopic (exact) mass is 371 g/mol. The van der Waals surface area contributed by atoms with Crippen molar-refractivity contribution in [2.75, 3.05) is 18.4 Å². The Bertz CT molecular complexity index is 651. The number of rotatable bonds is 3. The topological polar surface area (TPSA) is 113 Å². The van der Waals surface area contributed by atoms with E-state index >= 15 is 0 Å². The highest BCUT2D eigenvalue weighted by Gasteiger charge is 2.42. The maximum Gasteiger partial charge on any atom is 0.321 e. The Kier molecular flexibility index (Phi) is 4.36. The van der Waals surface area contributed by atoms with Crippen LogP contribution in [0.5, 0.6) is 0 Å². The number of amides is 2. The van der Waals surface area contributed by atoms with Gasteiger partial charge in [-0.1, -0.05) is 15.9 Å². The van der Waals surface area contributed by atoms with Gasteiger partial charge in [0.2, 0.25) is 0 Å². The second-order valence-electron chi connectivity index (χ2n) is 5.42. The van der Waals surface area contributed by atoms with Crippen LogP contribution in [0.1, 0.15) is 13.3 Å². The SMILES string of the molecule is CC1(C(=O)O)CCN(C(=O)Nc2cc(Br)cc([N+](=O)[O-])c2)C1. The van der Waals surface area contributed by atoms with Gasteiger partial charge in [0.05, 0.1) is 16.0 Å². The third-order valence-electron chi connectivity index (χ3n) is 3.62. The van der Waals surface area contributed by atoms with Crippen LogP contribution in [0.3, 0.4) is 0 Å². The van der Waals surface area contributed by atoms with Gasteiger partial charge in [-0.2, -0.15) is 0 Å². The molecule has 1 saturated heterocycles. The van der Waals surface area contributed by atoms with Crippen LogP contribution in [0.2, 0.25) is 0 Å². The zero-order valence-electron chi connectivity index (χ0n) is 11.7. The second-order valence-corrected chi connectivity index (χ2v) is 6.34. The molecule has 0 bridgehead atoms. The summed E-state index contributed by atoms with van der Waals surface area (Å²) in [6.45, 7) is 2.02. The minimum Gasteiger partial charge on any atom is -0.481 e. The van der Waals surface area contributed by atoms with Crippen LogP contribution in [-0.4, -0.2) is 40.0 Å². The van der Waals surface area contributed by atoms with Gasteiger partial charge in [0.1, 0.15) is 0 Å². The van der Waals surface area contributed by atoms with E-state index in [-0.39, 0.29) is 17.9 Å². The van der Waals surface area contributed by atoms with Gasteiger partial charge in [-0.05, 0) is 19.4 Å². The zero-order valence-corrected chi connectivity index (χ0v) is 13.3. The van der Waals surface area contributed by atoms with Crippen LogP contribution in [0.25, 0.3) is 0 Å². The molecule has 2 N–H and O–H groups in total. The number of hydrogen-bond donors (Lipinski definition) is 2. The van der Waals surface area contributed by atoms with Crippen molar-refractivity contribution in [3.8, 4) is 0 Å². The van der Waals surface area contributed by atoms with Crippen molar-refractivity contribution in [1.82, 2.24) is 4.90 Å². The van der Waals surface area contributed by atoms with Crippen molar-refractivity contribution in [3.63, 3.8) is 0 Å². The van der Waals surface area contributed by atoms with Crippen molar-refractivity contribution in [3.05, 3.63) is 32.8 Å². The van der Waals surface area contributed by atoms with E-state index in [1.165, 1.54) is 23.1 Å². The van der Waals surface area contributed by atoms with Gasteiger partial charge in [0, 0.05) is 29.7 Å². The number of non-ortho nitro benzene ring substituents is 1. The van der Waals surface area contributed by atoms with Gasteiger partial charge in [0.15, 0.2) is 0 Å². The van der Waals surface area contributed by atoms with E-state index < -0.39 is 22.3 Å². The number of urea groups is 1. The van der Waals surface area contributed by atoms with E-state index in [4.69, 9.17) is 5.11 Å². The maximum atomic E-state index is 12.2. The number of likely N-dealkylation sites (tertiary alicyclic amines) is 1. The number of benzene rings is 1. The van der Waals surface area contributed by atoms with Crippen molar-refractivity contribution in [2.24, 2.45) is 5.41 Å². The summed E-state index contributed by atoms with van der Waals surface area (Å²) in [6, 6.07) is 3.64. The van der Waals surface area contributed by atoms with Gasteiger partial charge in [-0.15, -0.1) is 0 Å². The molecule has 22 heavy (non-hydrogen) atoms. The normalized spacial score (nSPS) is 20.7. The molecule has 0 saturated carbocycles. The number of carbonyl (C=O) groups excluding carboxylic acids is 1. The largest absolute Gasteiger partial charge is 0.481 e. The van der Waals surface area contributed by atoms with E-state index in [9.17, 15) is 19.7 Å². The average molecular weight is 372 g/mol. The molecule has 1 aromatic rings. The molecule has 0 radical (unpaired) electrons. The highest BCUT2D eigenvalue weighted by molar-refractivity contribution is 9.10. The molecule has 118 valence electrons. The number of carboxylic acid groups (broad SMARTS) is 1. The molecule has 1 aliphatic rings. The molecule has 0 spiro atoms. The predicted octanol–water partition coefficient (Wildman–Crippen LogP) is 2.69. The van der Waals surface area contributed by atoms with Crippen LogP contribution in [0.15, 0.2) is 22.7 Å². The molecule has 1 aliphatic heterocycles. The first kappa shape index (κ1) is 16.2. The van der Waals surface area contributed by atoms with Gasteiger partial charge in [0.25, 0.3) is 5.69 Å². The van der Waals surface area contributed by atoms with Gasteiger partial charge in [-0.25, -0.2) is 4.79 Å². The first-order chi connectivity index (χ1) is 10.2. The van der Waals surface area contributed by atoms with Crippen LogP contribution in [0.4, 0.5) is 16.2 Å². The third-order valence-corrected chi connectivity index (χ3v) is 4.08. The Hall–Kier alpha value is -2.16. The summed E-state index contributed by atoms with van der Waals surface area (Å²) in [5.41, 5.74) is -0.836. The highest BCUT2D eigenvalue weighted by Crippen LogP contribution is 2.31. The van der Waals surface area contributed by atoms with Gasteiger partial charge < -0.3 is 15.3 Å². The lowest BCUT2D eigenvalue weighted by atomic mass is 9.90. The number of halogens is 1. The minimum absolute atomic E-state index is 0.101. The fourth-order valence-electron chi connectivity index (χ4n) is 2.26. The Morgan fingerprint density at radius 1 is 1.45 bits per heavy atom. The molecule has 1 unspecified atom stereocenters. The van der Waals surface area contributed by atoms with Crippen molar-refractivity contribution < 1.29 is 19.6 Å². The number of carbonyl (C=O) groups is 2. The molecule has 8 nitrogen and oxygen atoms in total. The summed E-state index contributed by atoms with van der Waals surface area (Å²) in [5.74, 6) is -0.944. The number of nitro groups is 1. The van der Waals surface area contributed by atoms with Crippen LogP contribution >= 0.6 is 15.9 Å². The zero-order chi connectivity index (χ0) is 16.5. The molecule has 1 heterocycles. The van der Waals surface area contributed by atoms with Crippen molar-refractivity contribution in [1.29, 1.82) is 0 Å². The van der Waals surface area contributed by atoms with Crippen molar-refractivity contribution >= 4 is 39.3 Å². The molecule has 1 fully saturated rings. The fourth-order valence-corrected chi connectivity index (χ4v) is 2.74. The van der Waals surface area contributed by atoms with Crippen LogP contribution in [0, 0.1) is 15.5 Å². The van der Waals surface area contributed by atoms with Crippen LogP contribution < -0.4 is 5.32 Å². The maximum absolute atomic E-state index is 12.2. The van der Waals surface area contributed by atoms with E-state index in [1.807, 2.05) is 0 Å². The quantitative estimate of drug-likeness (QED) is 0.626. The summed E-state index contributed by atoms with van der Waals surface area (Å²) in [5, 5.41) is 22.5. The molecular weight excluding hydrogens is 358 g/mol. The molecule has 2 amide bonds. The summed E-state index contributed by atoms with van der Waals surface area (Å²) >= 11 is 3.14. The minimum atomic E-state index is -0.958. The first-order valence-electron chi connectivity index (χ1n) is 6.45. The number of nitrogens with zero attached hydrogens (tertiary/aromatic N) is 2. The van der Waals surface area contributed by atoms with Gasteiger partial charge in [-0.3, -0.25) is 14.9 Å². The lowest BCUT2D eigenvalue weighted by Crippen LogP contribution is -2.37. The summed E-state index contributed by atoms with van der Waals surface area (Å²) < 4.78 is 0.466. The Morgan fingerprint density at radius 3 is 2.68 bits per heavy atom. The van der Waals surface area contributed by atoms with E-state index in [1.54, 1.807) is 6.92 Å². The summed E-state index contributed by atoms with van der Waals surface area (Å²) in [7, 11) is 0. The number of carboxylic acids is 1. The summed E-state index contributed by atoms with van der Waals surface area (Å²) in [6.07, 6.45) is 0.369. The molecule has 9 heteroatoms. The third kappa shape index (κ3) is 3.35. The Balaban J connectivity index is 2.10. The number of anilines is 1. The molecule has 1 aromatic carbocycles. The highest BCUT2D eigenvalue weighted by atomic mass is 79.9. The lowest BCUT2D eigenvalue weighted by molar-refractivity contribution is -0.384. The Morgan fingerprint density at radius 2 is 2.14 bits per heavy atom. The smallest absolute Gasteiger partial charge is 0.321 e. The van der Waals surface area contributed by atoms with Gasteiger partial charge >= 0.3 is 12.0 Å². The molecule has 0 aliphatic carbocycles. The molecule has 0 aromatic heterocycles. The van der Waals surface area contributed by atoms with Crippen molar-refractivity contribution in [2.45, 2.75) is 13.3 Å². The molecule has 1 atom stereocenters. The number of hydrogen-bond acceptors (Lipinski definition) is 4. The average Bonchev–Trinajstić information content (AvgIpc) is 2.82. The molecular formula is C13H14BrN3O5.